The van der Waals surface area contributed by atoms with Gasteiger partial charge in [-0.1, -0.05) is 30.3 Å². The third kappa shape index (κ3) is 3.67. The number of hydrogen-bond acceptors (Lipinski definition) is 2. The first kappa shape index (κ1) is 13.8. The molecule has 0 spiro atoms. The quantitative estimate of drug-likeness (QED) is 0.764. The van der Waals surface area contributed by atoms with Crippen molar-refractivity contribution >= 4 is 12.0 Å². The van der Waals surface area contributed by atoms with E-state index in [4.69, 9.17) is 4.74 Å². The molecule has 1 aromatic carbocycles. The van der Waals surface area contributed by atoms with Crippen LogP contribution in [0, 0.1) is 0 Å². The summed E-state index contributed by atoms with van der Waals surface area (Å²) in [6.07, 6.45) is 2.15. The summed E-state index contributed by atoms with van der Waals surface area (Å²) in [5.41, 5.74) is 1.83. The Hall–Kier alpha value is -1.61. The highest BCUT2D eigenvalue weighted by molar-refractivity contribution is 5.97. The van der Waals surface area contributed by atoms with E-state index in [-0.39, 0.29) is 18.1 Å². The summed E-state index contributed by atoms with van der Waals surface area (Å²) in [4.78, 5) is 14.3. The van der Waals surface area contributed by atoms with Gasteiger partial charge in [0.15, 0.2) is 0 Å². The van der Waals surface area contributed by atoms with Gasteiger partial charge in [-0.25, -0.2) is 0 Å². The lowest BCUT2D eigenvalue weighted by Gasteiger charge is -2.35. The van der Waals surface area contributed by atoms with E-state index in [0.717, 1.165) is 11.1 Å². The second kappa shape index (κ2) is 6.02. The first-order valence-electron chi connectivity index (χ1n) is 6.74. The molecule has 3 heteroatoms. The molecule has 2 atom stereocenters. The molecule has 3 nitrogen and oxygen atoms in total. The van der Waals surface area contributed by atoms with Gasteiger partial charge in [0.1, 0.15) is 0 Å². The maximum absolute atomic E-state index is 12.4. The van der Waals surface area contributed by atoms with E-state index < -0.39 is 0 Å². The van der Waals surface area contributed by atoms with E-state index in [2.05, 4.69) is 0 Å². The number of nitrogens with zero attached hydrogens (tertiary/aromatic N) is 1. The van der Waals surface area contributed by atoms with Gasteiger partial charge in [0.2, 0.25) is 5.91 Å². The SMILES string of the molecule is C/C(=C\c1ccccc1)C(=O)N1C[C@@H](C)O[C@H](C)C1. The van der Waals surface area contributed by atoms with Crippen LogP contribution < -0.4 is 0 Å². The molecule has 1 saturated heterocycles. The Balaban J connectivity index is 2.09. The van der Waals surface area contributed by atoms with E-state index in [1.165, 1.54) is 0 Å². The van der Waals surface area contributed by atoms with Gasteiger partial charge in [-0.15, -0.1) is 0 Å². The lowest BCUT2D eigenvalue weighted by atomic mass is 10.1. The highest BCUT2D eigenvalue weighted by Crippen LogP contribution is 2.15. The fraction of sp³-hybridized carbons (Fsp3) is 0.438. The van der Waals surface area contributed by atoms with Gasteiger partial charge in [-0.3, -0.25) is 4.79 Å². The minimum absolute atomic E-state index is 0.103. The third-order valence-corrected chi connectivity index (χ3v) is 3.23. The minimum atomic E-state index is 0.103. The van der Waals surface area contributed by atoms with Gasteiger partial charge in [-0.05, 0) is 32.4 Å². The minimum Gasteiger partial charge on any atom is -0.372 e. The monoisotopic (exact) mass is 259 g/mol. The van der Waals surface area contributed by atoms with Crippen molar-refractivity contribution in [2.24, 2.45) is 0 Å². The van der Waals surface area contributed by atoms with Gasteiger partial charge in [0, 0.05) is 18.7 Å². The second-order valence-electron chi connectivity index (χ2n) is 5.21. The van der Waals surface area contributed by atoms with Crippen molar-refractivity contribution in [2.45, 2.75) is 33.0 Å². The lowest BCUT2D eigenvalue weighted by molar-refractivity contribution is -0.139. The van der Waals surface area contributed by atoms with Crippen LogP contribution in [-0.4, -0.2) is 36.1 Å². The van der Waals surface area contributed by atoms with Crippen molar-refractivity contribution < 1.29 is 9.53 Å². The highest BCUT2D eigenvalue weighted by Gasteiger charge is 2.26. The van der Waals surface area contributed by atoms with Crippen LogP contribution in [0.25, 0.3) is 6.08 Å². The number of carbonyl (C=O) groups is 1. The van der Waals surface area contributed by atoms with Crippen molar-refractivity contribution in [2.75, 3.05) is 13.1 Å². The van der Waals surface area contributed by atoms with Gasteiger partial charge < -0.3 is 9.64 Å². The number of rotatable bonds is 2. The van der Waals surface area contributed by atoms with Crippen molar-refractivity contribution in [3.63, 3.8) is 0 Å². The Morgan fingerprint density at radius 2 is 1.79 bits per heavy atom. The van der Waals surface area contributed by atoms with Crippen LogP contribution in [0.4, 0.5) is 0 Å². The average Bonchev–Trinajstić information content (AvgIpc) is 2.37. The molecule has 0 saturated carbocycles. The summed E-state index contributed by atoms with van der Waals surface area (Å²) in [7, 11) is 0. The number of hydrogen-bond donors (Lipinski definition) is 0. The van der Waals surface area contributed by atoms with Crippen LogP contribution in [0.1, 0.15) is 26.3 Å². The van der Waals surface area contributed by atoms with E-state index in [9.17, 15) is 4.79 Å². The molecule has 1 fully saturated rings. The zero-order valence-electron chi connectivity index (χ0n) is 11.8. The lowest BCUT2D eigenvalue weighted by Crippen LogP contribution is -2.48. The van der Waals surface area contributed by atoms with Crippen LogP contribution in [0.3, 0.4) is 0 Å². The topological polar surface area (TPSA) is 29.5 Å². The summed E-state index contributed by atoms with van der Waals surface area (Å²) in [6, 6.07) is 9.92. The number of carbonyl (C=O) groups excluding carboxylic acids is 1. The molecule has 1 heterocycles. The van der Waals surface area contributed by atoms with Gasteiger partial charge in [0.05, 0.1) is 12.2 Å². The second-order valence-corrected chi connectivity index (χ2v) is 5.21. The Morgan fingerprint density at radius 1 is 1.21 bits per heavy atom. The molecule has 1 aliphatic rings. The number of ether oxygens (including phenoxy) is 1. The Morgan fingerprint density at radius 3 is 2.37 bits per heavy atom. The number of benzene rings is 1. The summed E-state index contributed by atoms with van der Waals surface area (Å²) in [5, 5.41) is 0. The molecular weight excluding hydrogens is 238 g/mol. The van der Waals surface area contributed by atoms with Crippen molar-refractivity contribution in [3.8, 4) is 0 Å². The molecule has 2 rings (SSSR count). The van der Waals surface area contributed by atoms with Gasteiger partial charge >= 0.3 is 0 Å². The zero-order chi connectivity index (χ0) is 13.8. The normalized spacial score (nSPS) is 24.4. The van der Waals surface area contributed by atoms with Gasteiger partial charge in [0.25, 0.3) is 0 Å². The predicted octanol–water partition coefficient (Wildman–Crippen LogP) is 2.73. The molecule has 0 bridgehead atoms. The zero-order valence-corrected chi connectivity index (χ0v) is 11.8. The average molecular weight is 259 g/mol. The van der Waals surface area contributed by atoms with E-state index in [1.54, 1.807) is 0 Å². The number of morpholine rings is 1. The standard InChI is InChI=1S/C16H21NO2/c1-12(9-15-7-5-4-6-8-15)16(18)17-10-13(2)19-14(3)11-17/h4-9,13-14H,10-11H2,1-3H3/b12-9+/t13-,14-/m1/s1. The molecule has 0 N–H and O–H groups in total. The number of amides is 1. The van der Waals surface area contributed by atoms with Crippen LogP contribution >= 0.6 is 0 Å². The first-order valence-corrected chi connectivity index (χ1v) is 6.74. The molecule has 0 aliphatic carbocycles. The Bertz CT molecular complexity index is 457. The van der Waals surface area contributed by atoms with Crippen LogP contribution in [-0.2, 0) is 9.53 Å². The molecule has 1 aromatic rings. The summed E-state index contributed by atoms with van der Waals surface area (Å²) >= 11 is 0. The maximum atomic E-state index is 12.4. The van der Waals surface area contributed by atoms with Crippen LogP contribution in [0.5, 0.6) is 0 Å². The Kier molecular flexibility index (Phi) is 4.38. The van der Waals surface area contributed by atoms with Crippen LogP contribution in [0.2, 0.25) is 0 Å². The molecule has 19 heavy (non-hydrogen) atoms. The molecule has 1 amide bonds. The smallest absolute Gasteiger partial charge is 0.249 e. The highest BCUT2D eigenvalue weighted by atomic mass is 16.5. The summed E-state index contributed by atoms with van der Waals surface area (Å²) < 4.78 is 5.65. The molecule has 0 radical (unpaired) electrons. The van der Waals surface area contributed by atoms with Crippen LogP contribution in [0.15, 0.2) is 35.9 Å². The molecular formula is C16H21NO2. The Labute approximate surface area is 114 Å². The van der Waals surface area contributed by atoms with Crippen molar-refractivity contribution in [1.82, 2.24) is 4.90 Å². The predicted molar refractivity (Wildman–Crippen MR) is 76.7 cm³/mol. The fourth-order valence-corrected chi connectivity index (χ4v) is 2.45. The van der Waals surface area contributed by atoms with E-state index in [1.807, 2.05) is 62.1 Å². The third-order valence-electron chi connectivity index (χ3n) is 3.23. The summed E-state index contributed by atoms with van der Waals surface area (Å²) in [6.45, 7) is 7.23. The summed E-state index contributed by atoms with van der Waals surface area (Å²) in [5.74, 6) is 0.103. The van der Waals surface area contributed by atoms with Crippen molar-refractivity contribution in [3.05, 3.63) is 41.5 Å². The fourth-order valence-electron chi connectivity index (χ4n) is 2.45. The first-order chi connectivity index (χ1) is 9.06. The van der Waals surface area contributed by atoms with Gasteiger partial charge in [-0.2, -0.15) is 0 Å². The van der Waals surface area contributed by atoms with Crippen molar-refractivity contribution in [1.29, 1.82) is 0 Å². The molecule has 0 unspecified atom stereocenters. The van der Waals surface area contributed by atoms with E-state index in [0.29, 0.717) is 13.1 Å². The molecule has 1 aliphatic heterocycles. The molecule has 0 aromatic heterocycles. The molecule has 102 valence electrons. The maximum Gasteiger partial charge on any atom is 0.249 e. The van der Waals surface area contributed by atoms with E-state index >= 15 is 0 Å². The largest absolute Gasteiger partial charge is 0.372 e.